The van der Waals surface area contributed by atoms with Crippen LogP contribution in [0.5, 0.6) is 0 Å². The van der Waals surface area contributed by atoms with Crippen LogP contribution in [-0.4, -0.2) is 17.9 Å². The molecule has 0 saturated carbocycles. The van der Waals surface area contributed by atoms with Crippen molar-refractivity contribution in [3.63, 3.8) is 0 Å². The van der Waals surface area contributed by atoms with Gasteiger partial charge in [0.15, 0.2) is 0 Å². The van der Waals surface area contributed by atoms with Crippen LogP contribution in [-0.2, 0) is 11.2 Å². The first kappa shape index (κ1) is 11.2. The number of rotatable bonds is 1. The molecule has 0 N–H and O–H groups in total. The zero-order valence-corrected chi connectivity index (χ0v) is 10.3. The lowest BCUT2D eigenvalue weighted by Gasteiger charge is -2.33. The van der Waals surface area contributed by atoms with Crippen molar-refractivity contribution in [3.05, 3.63) is 34.9 Å². The molecule has 0 fully saturated rings. The van der Waals surface area contributed by atoms with Gasteiger partial charge in [-0.3, -0.25) is 4.79 Å². The van der Waals surface area contributed by atoms with E-state index in [1.165, 1.54) is 23.1 Å². The molecular formula is C14H19NO. The van der Waals surface area contributed by atoms with E-state index in [9.17, 15) is 4.79 Å². The normalized spacial score (nSPS) is 19.1. The maximum atomic E-state index is 11.5. The molecule has 0 spiro atoms. The Balaban J connectivity index is 2.38. The quantitative estimate of drug-likeness (QED) is 0.708. The number of fused-ring (bicyclic) bond motifs is 1. The van der Waals surface area contributed by atoms with E-state index in [4.69, 9.17) is 0 Å². The minimum atomic E-state index is 0.152. The Morgan fingerprint density at radius 2 is 2.19 bits per heavy atom. The van der Waals surface area contributed by atoms with Gasteiger partial charge in [0.1, 0.15) is 0 Å². The molecule has 1 aliphatic rings. The summed E-state index contributed by atoms with van der Waals surface area (Å²) in [6, 6.07) is 6.89. The van der Waals surface area contributed by atoms with Gasteiger partial charge < -0.3 is 4.90 Å². The highest BCUT2D eigenvalue weighted by molar-refractivity contribution is 5.73. The third-order valence-electron chi connectivity index (χ3n) is 3.55. The fraction of sp³-hybridized carbons (Fsp3) is 0.500. The zero-order valence-electron chi connectivity index (χ0n) is 10.3. The molecule has 0 aromatic heterocycles. The number of benzene rings is 1. The molecule has 1 unspecified atom stereocenters. The molecule has 0 radical (unpaired) electrons. The van der Waals surface area contributed by atoms with Crippen molar-refractivity contribution in [1.29, 1.82) is 0 Å². The largest absolute Gasteiger partial charge is 0.339 e. The van der Waals surface area contributed by atoms with Crippen LogP contribution in [0.1, 0.15) is 42.5 Å². The predicted molar refractivity (Wildman–Crippen MR) is 65.3 cm³/mol. The van der Waals surface area contributed by atoms with E-state index in [2.05, 4.69) is 25.1 Å². The van der Waals surface area contributed by atoms with Gasteiger partial charge in [-0.25, -0.2) is 0 Å². The number of hydrogen-bond donors (Lipinski definition) is 0. The van der Waals surface area contributed by atoms with Crippen LogP contribution in [0.3, 0.4) is 0 Å². The van der Waals surface area contributed by atoms with Gasteiger partial charge >= 0.3 is 0 Å². The maximum absolute atomic E-state index is 11.5. The second kappa shape index (κ2) is 4.28. The minimum Gasteiger partial charge on any atom is -0.339 e. The summed E-state index contributed by atoms with van der Waals surface area (Å²) in [5.41, 5.74) is 4.04. The molecule has 16 heavy (non-hydrogen) atoms. The van der Waals surface area contributed by atoms with E-state index >= 15 is 0 Å². The first-order valence-electron chi connectivity index (χ1n) is 5.92. The standard InChI is InChI=1S/C14H19NO/c1-10-7-8-12-5-4-6-14(13(12)9-10)15(3)11(2)16/h7-9,14H,4-6H2,1-3H3. The van der Waals surface area contributed by atoms with Crippen LogP contribution in [0.15, 0.2) is 18.2 Å². The minimum absolute atomic E-state index is 0.152. The van der Waals surface area contributed by atoms with Gasteiger partial charge in [-0.15, -0.1) is 0 Å². The van der Waals surface area contributed by atoms with Gasteiger partial charge in [0, 0.05) is 14.0 Å². The van der Waals surface area contributed by atoms with Gasteiger partial charge in [0.2, 0.25) is 5.91 Å². The van der Waals surface area contributed by atoms with E-state index < -0.39 is 0 Å². The summed E-state index contributed by atoms with van der Waals surface area (Å²) in [7, 11) is 1.91. The van der Waals surface area contributed by atoms with Gasteiger partial charge in [-0.1, -0.05) is 23.8 Å². The summed E-state index contributed by atoms with van der Waals surface area (Å²) in [4.78, 5) is 13.3. The molecule has 2 nitrogen and oxygen atoms in total. The van der Waals surface area contributed by atoms with Crippen LogP contribution in [0, 0.1) is 6.92 Å². The number of carbonyl (C=O) groups is 1. The molecule has 0 aliphatic heterocycles. The van der Waals surface area contributed by atoms with Crippen molar-refractivity contribution < 1.29 is 4.79 Å². The average Bonchev–Trinajstić information content (AvgIpc) is 2.27. The van der Waals surface area contributed by atoms with Crippen molar-refractivity contribution in [2.45, 2.75) is 39.2 Å². The molecule has 0 saturated heterocycles. The Kier molecular flexibility index (Phi) is 2.99. The number of carbonyl (C=O) groups excluding carboxylic acids is 1. The zero-order chi connectivity index (χ0) is 11.7. The molecule has 1 aliphatic carbocycles. The molecular weight excluding hydrogens is 198 g/mol. The summed E-state index contributed by atoms with van der Waals surface area (Å²) in [5.74, 6) is 0.152. The third kappa shape index (κ3) is 1.97. The van der Waals surface area contributed by atoms with E-state index in [1.54, 1.807) is 6.92 Å². The Morgan fingerprint density at radius 3 is 2.88 bits per heavy atom. The highest BCUT2D eigenvalue weighted by Gasteiger charge is 2.24. The van der Waals surface area contributed by atoms with Crippen LogP contribution in [0.2, 0.25) is 0 Å². The maximum Gasteiger partial charge on any atom is 0.219 e. The van der Waals surface area contributed by atoms with Gasteiger partial charge in [0.25, 0.3) is 0 Å². The SMILES string of the molecule is CC(=O)N(C)C1CCCc2ccc(C)cc21. The first-order chi connectivity index (χ1) is 7.59. The second-order valence-electron chi connectivity index (χ2n) is 4.74. The topological polar surface area (TPSA) is 20.3 Å². The Hall–Kier alpha value is -1.31. The molecule has 1 aromatic carbocycles. The van der Waals surface area contributed by atoms with Crippen LogP contribution >= 0.6 is 0 Å². The van der Waals surface area contributed by atoms with Crippen molar-refractivity contribution in [2.75, 3.05) is 7.05 Å². The lowest BCUT2D eigenvalue weighted by molar-refractivity contribution is -0.130. The van der Waals surface area contributed by atoms with Crippen LogP contribution in [0.25, 0.3) is 0 Å². The fourth-order valence-corrected chi connectivity index (χ4v) is 2.52. The van der Waals surface area contributed by atoms with Gasteiger partial charge in [-0.2, -0.15) is 0 Å². The summed E-state index contributed by atoms with van der Waals surface area (Å²) < 4.78 is 0. The van der Waals surface area contributed by atoms with Crippen molar-refractivity contribution >= 4 is 5.91 Å². The number of hydrogen-bond acceptors (Lipinski definition) is 1. The third-order valence-corrected chi connectivity index (χ3v) is 3.55. The van der Waals surface area contributed by atoms with Crippen LogP contribution in [0.4, 0.5) is 0 Å². The summed E-state index contributed by atoms with van der Waals surface area (Å²) >= 11 is 0. The Morgan fingerprint density at radius 1 is 1.44 bits per heavy atom. The van der Waals surface area contributed by atoms with E-state index in [0.717, 1.165) is 12.8 Å². The lowest BCUT2D eigenvalue weighted by Crippen LogP contribution is -2.31. The highest BCUT2D eigenvalue weighted by Crippen LogP contribution is 2.34. The average molecular weight is 217 g/mol. The summed E-state index contributed by atoms with van der Waals surface area (Å²) in [6.45, 7) is 3.75. The highest BCUT2D eigenvalue weighted by atomic mass is 16.2. The molecule has 2 rings (SSSR count). The summed E-state index contributed by atoms with van der Waals surface area (Å²) in [6.07, 6.45) is 3.42. The smallest absolute Gasteiger partial charge is 0.219 e. The molecule has 0 heterocycles. The van der Waals surface area contributed by atoms with Crippen molar-refractivity contribution in [1.82, 2.24) is 4.90 Å². The summed E-state index contributed by atoms with van der Waals surface area (Å²) in [5, 5.41) is 0. The Bertz CT molecular complexity index is 411. The fourth-order valence-electron chi connectivity index (χ4n) is 2.52. The monoisotopic (exact) mass is 217 g/mol. The van der Waals surface area contributed by atoms with E-state index in [1.807, 2.05) is 11.9 Å². The van der Waals surface area contributed by atoms with E-state index in [-0.39, 0.29) is 11.9 Å². The van der Waals surface area contributed by atoms with Gasteiger partial charge in [0.05, 0.1) is 6.04 Å². The number of amides is 1. The Labute approximate surface area is 97.3 Å². The second-order valence-corrected chi connectivity index (χ2v) is 4.74. The molecule has 1 aromatic rings. The van der Waals surface area contributed by atoms with Crippen LogP contribution < -0.4 is 0 Å². The number of aryl methyl sites for hydroxylation is 2. The van der Waals surface area contributed by atoms with E-state index in [0.29, 0.717) is 0 Å². The van der Waals surface area contributed by atoms with Gasteiger partial charge in [-0.05, 0) is 37.3 Å². The molecule has 1 amide bonds. The predicted octanol–water partition coefficient (Wildman–Crippen LogP) is 2.85. The van der Waals surface area contributed by atoms with Crippen molar-refractivity contribution in [2.24, 2.45) is 0 Å². The number of nitrogens with zero attached hydrogens (tertiary/aromatic N) is 1. The van der Waals surface area contributed by atoms with Crippen molar-refractivity contribution in [3.8, 4) is 0 Å². The molecule has 86 valence electrons. The first-order valence-corrected chi connectivity index (χ1v) is 5.92. The lowest BCUT2D eigenvalue weighted by atomic mass is 9.86. The molecule has 0 bridgehead atoms. The molecule has 1 atom stereocenters. The molecule has 2 heteroatoms.